The predicted molar refractivity (Wildman–Crippen MR) is 106 cm³/mol. The molecule has 7 nitrogen and oxygen atoms in total. The smallest absolute Gasteiger partial charge is 0.337 e. The monoisotopic (exact) mass is 421 g/mol. The first kappa shape index (κ1) is 20.2. The minimum atomic E-state index is -3.24. The zero-order chi connectivity index (χ0) is 20.1. The average Bonchev–Trinajstić information content (AvgIpc) is 3.13. The summed E-state index contributed by atoms with van der Waals surface area (Å²) in [6.45, 7) is -0.00250. The number of sulfonamides is 1. The van der Waals surface area contributed by atoms with Crippen molar-refractivity contribution in [1.29, 1.82) is 0 Å². The van der Waals surface area contributed by atoms with Crippen LogP contribution in [-0.4, -0.2) is 46.2 Å². The number of ether oxygens (including phenoxy) is 2. The largest absolute Gasteiger partial charge is 0.488 e. The maximum atomic E-state index is 12.2. The summed E-state index contributed by atoms with van der Waals surface area (Å²) >= 11 is 1.25. The van der Waals surface area contributed by atoms with E-state index < -0.39 is 16.0 Å². The van der Waals surface area contributed by atoms with Crippen LogP contribution in [0.2, 0.25) is 0 Å². The highest BCUT2D eigenvalue weighted by Gasteiger charge is 2.20. The molecule has 0 bridgehead atoms. The third kappa shape index (κ3) is 5.51. The van der Waals surface area contributed by atoms with Gasteiger partial charge in [0.15, 0.2) is 6.61 Å². The number of rotatable bonds is 8. The summed E-state index contributed by atoms with van der Waals surface area (Å²) in [5, 5.41) is 0. The zero-order valence-corrected chi connectivity index (χ0v) is 16.8. The van der Waals surface area contributed by atoms with Gasteiger partial charge >= 0.3 is 5.97 Å². The van der Waals surface area contributed by atoms with Gasteiger partial charge in [-0.25, -0.2) is 17.9 Å². The van der Waals surface area contributed by atoms with E-state index in [1.54, 1.807) is 18.2 Å². The predicted octanol–water partition coefficient (Wildman–Crippen LogP) is 2.04. The Morgan fingerprint density at radius 1 is 1.21 bits per heavy atom. The number of nitrogens with one attached hydrogen (secondary N) is 1. The lowest BCUT2D eigenvalue weighted by molar-refractivity contribution is -0.138. The Morgan fingerprint density at radius 2 is 2.00 bits per heavy atom. The van der Waals surface area contributed by atoms with Gasteiger partial charge in [-0.15, -0.1) is 11.3 Å². The van der Waals surface area contributed by atoms with Crippen molar-refractivity contribution in [2.45, 2.75) is 6.42 Å². The lowest BCUT2D eigenvalue weighted by Gasteiger charge is -2.16. The van der Waals surface area contributed by atoms with E-state index >= 15 is 0 Å². The first-order valence-electron chi connectivity index (χ1n) is 8.48. The van der Waals surface area contributed by atoms with E-state index in [-0.39, 0.29) is 25.5 Å². The SMILES string of the molecule is CS(=O)(=O)NCCc1ccc(C(=O)COC(=O)C2=Cc3ccccc3OC2)s1. The molecule has 0 saturated carbocycles. The number of benzene rings is 1. The van der Waals surface area contributed by atoms with Crippen molar-refractivity contribution in [1.82, 2.24) is 4.72 Å². The summed E-state index contributed by atoms with van der Waals surface area (Å²) < 4.78 is 35.2. The molecule has 0 amide bonds. The Bertz CT molecular complexity index is 1020. The first-order chi connectivity index (χ1) is 13.3. The van der Waals surface area contributed by atoms with Crippen LogP contribution in [0.25, 0.3) is 6.08 Å². The summed E-state index contributed by atoms with van der Waals surface area (Å²) in [6, 6.07) is 10.8. The molecule has 2 aromatic rings. The minimum absolute atomic E-state index is 0.0977. The molecule has 148 valence electrons. The lowest BCUT2D eigenvalue weighted by Crippen LogP contribution is -2.24. The fraction of sp³-hybridized carbons (Fsp3) is 0.263. The van der Waals surface area contributed by atoms with Crippen molar-refractivity contribution in [2.75, 3.05) is 26.0 Å². The highest BCUT2D eigenvalue weighted by molar-refractivity contribution is 7.88. The Hall–Kier alpha value is -2.49. The number of carbonyl (C=O) groups is 2. The van der Waals surface area contributed by atoms with E-state index in [1.807, 2.05) is 24.3 Å². The molecule has 0 atom stereocenters. The molecule has 28 heavy (non-hydrogen) atoms. The van der Waals surface area contributed by atoms with Crippen LogP contribution in [0.5, 0.6) is 5.75 Å². The molecule has 0 radical (unpaired) electrons. The van der Waals surface area contributed by atoms with Gasteiger partial charge in [0.2, 0.25) is 15.8 Å². The molecule has 2 heterocycles. The molecule has 0 saturated heterocycles. The molecular weight excluding hydrogens is 402 g/mol. The van der Waals surface area contributed by atoms with Gasteiger partial charge in [-0.05, 0) is 30.7 Å². The number of fused-ring (bicyclic) bond motifs is 1. The van der Waals surface area contributed by atoms with Gasteiger partial charge in [0.1, 0.15) is 12.4 Å². The number of para-hydroxylation sites is 1. The highest BCUT2D eigenvalue weighted by atomic mass is 32.2. The van der Waals surface area contributed by atoms with Gasteiger partial charge in [0.05, 0.1) is 16.7 Å². The molecule has 1 aromatic carbocycles. The van der Waals surface area contributed by atoms with Crippen LogP contribution >= 0.6 is 11.3 Å². The maximum absolute atomic E-state index is 12.2. The van der Waals surface area contributed by atoms with Gasteiger partial charge in [-0.1, -0.05) is 18.2 Å². The molecule has 3 rings (SSSR count). The van der Waals surface area contributed by atoms with Crippen LogP contribution in [0, 0.1) is 0 Å². The first-order valence-corrected chi connectivity index (χ1v) is 11.2. The number of Topliss-reactive ketones (excluding diaryl/α,β-unsaturated/α-hetero) is 1. The van der Waals surface area contributed by atoms with Crippen LogP contribution in [0.3, 0.4) is 0 Å². The number of hydrogen-bond donors (Lipinski definition) is 1. The second-order valence-electron chi connectivity index (χ2n) is 6.18. The van der Waals surface area contributed by atoms with Crippen LogP contribution in [0.1, 0.15) is 20.1 Å². The Morgan fingerprint density at radius 3 is 2.79 bits per heavy atom. The van der Waals surface area contributed by atoms with Crippen molar-refractivity contribution in [2.24, 2.45) is 0 Å². The highest BCUT2D eigenvalue weighted by Crippen LogP contribution is 2.26. The average molecular weight is 421 g/mol. The topological polar surface area (TPSA) is 98.8 Å². The summed E-state index contributed by atoms with van der Waals surface area (Å²) in [5.74, 6) is -0.193. The van der Waals surface area contributed by atoms with Crippen LogP contribution in [0.15, 0.2) is 42.0 Å². The number of hydrogen-bond acceptors (Lipinski definition) is 7. The van der Waals surface area contributed by atoms with E-state index in [0.29, 0.717) is 22.6 Å². The van der Waals surface area contributed by atoms with Crippen LogP contribution in [-0.2, 0) is 26.0 Å². The van der Waals surface area contributed by atoms with E-state index in [1.165, 1.54) is 11.3 Å². The molecule has 1 aromatic heterocycles. The van der Waals surface area contributed by atoms with Gasteiger partial charge < -0.3 is 9.47 Å². The van der Waals surface area contributed by atoms with Crippen LogP contribution in [0.4, 0.5) is 0 Å². The van der Waals surface area contributed by atoms with E-state index in [0.717, 1.165) is 16.7 Å². The molecule has 1 N–H and O–H groups in total. The summed E-state index contributed by atoms with van der Waals surface area (Å²) in [4.78, 5) is 25.8. The van der Waals surface area contributed by atoms with Crippen molar-refractivity contribution in [3.05, 3.63) is 57.3 Å². The summed E-state index contributed by atoms with van der Waals surface area (Å²) in [7, 11) is -3.24. The lowest BCUT2D eigenvalue weighted by atomic mass is 10.1. The molecule has 0 spiro atoms. The Kier molecular flexibility index (Phi) is 6.28. The van der Waals surface area contributed by atoms with Gasteiger partial charge in [-0.3, -0.25) is 4.79 Å². The standard InChI is InChI=1S/C19H19NO6S2/c1-28(23,24)20-9-8-15-6-7-18(27-15)16(21)12-26-19(22)14-10-13-4-2-3-5-17(13)25-11-14/h2-7,10,20H,8-9,11-12H2,1H3. The van der Waals surface area contributed by atoms with Gasteiger partial charge in [0, 0.05) is 17.0 Å². The van der Waals surface area contributed by atoms with E-state index in [9.17, 15) is 18.0 Å². The Labute approximate surface area is 167 Å². The number of ketones is 1. The van der Waals surface area contributed by atoms with Crippen molar-refractivity contribution < 1.29 is 27.5 Å². The van der Waals surface area contributed by atoms with Gasteiger partial charge in [0.25, 0.3) is 0 Å². The molecule has 0 aliphatic carbocycles. The normalized spacial score (nSPS) is 13.2. The van der Waals surface area contributed by atoms with Crippen molar-refractivity contribution >= 4 is 39.2 Å². The summed E-state index contributed by atoms with van der Waals surface area (Å²) in [5.41, 5.74) is 1.14. The van der Waals surface area contributed by atoms with E-state index in [4.69, 9.17) is 9.47 Å². The minimum Gasteiger partial charge on any atom is -0.488 e. The van der Waals surface area contributed by atoms with Crippen LogP contribution < -0.4 is 9.46 Å². The quantitative estimate of drug-likeness (QED) is 0.517. The number of carbonyl (C=O) groups excluding carboxylic acids is 2. The molecule has 1 aliphatic heterocycles. The Balaban J connectivity index is 1.52. The fourth-order valence-electron chi connectivity index (χ4n) is 2.55. The fourth-order valence-corrected chi connectivity index (χ4v) is 3.96. The molecule has 1 aliphatic rings. The second-order valence-corrected chi connectivity index (χ2v) is 9.18. The molecule has 0 fully saturated rings. The molecule has 9 heteroatoms. The van der Waals surface area contributed by atoms with E-state index in [2.05, 4.69) is 4.72 Å². The maximum Gasteiger partial charge on any atom is 0.337 e. The van der Waals surface area contributed by atoms with Crippen molar-refractivity contribution in [3.8, 4) is 5.75 Å². The summed E-state index contributed by atoms with van der Waals surface area (Å²) in [6.07, 6.45) is 3.27. The molecule has 0 unspecified atom stereocenters. The zero-order valence-electron chi connectivity index (χ0n) is 15.1. The number of thiophene rings is 1. The van der Waals surface area contributed by atoms with Crippen molar-refractivity contribution in [3.63, 3.8) is 0 Å². The van der Waals surface area contributed by atoms with Gasteiger partial charge in [-0.2, -0.15) is 0 Å². The molecular formula is C19H19NO6S2. The third-order valence-corrected chi connectivity index (χ3v) is 5.82. The third-order valence-electron chi connectivity index (χ3n) is 3.90. The second kappa shape index (κ2) is 8.68. The number of esters is 1.